The van der Waals surface area contributed by atoms with Gasteiger partial charge in [-0.05, 0) is 60.0 Å². The van der Waals surface area contributed by atoms with E-state index in [0.29, 0.717) is 56.6 Å². The monoisotopic (exact) mass is 548 g/mol. The van der Waals surface area contributed by atoms with E-state index in [9.17, 15) is 9.90 Å². The Labute approximate surface area is 233 Å². The minimum absolute atomic E-state index is 0.00935. The van der Waals surface area contributed by atoms with Crippen molar-refractivity contribution in [2.75, 3.05) is 12.8 Å². The van der Waals surface area contributed by atoms with Crippen LogP contribution >= 0.6 is 0 Å². The van der Waals surface area contributed by atoms with Crippen LogP contribution in [0.3, 0.4) is 0 Å². The van der Waals surface area contributed by atoms with E-state index < -0.39 is 18.0 Å². The molecule has 3 aromatic heterocycles. The number of anilines is 1. The number of hydrogen-bond acceptors (Lipinski definition) is 7. The first kappa shape index (κ1) is 24.9. The molecule has 0 aliphatic heterocycles. The number of imidazole rings is 1. The van der Waals surface area contributed by atoms with Crippen LogP contribution in [0, 0.1) is 5.82 Å². The van der Waals surface area contributed by atoms with Crippen LogP contribution in [-0.2, 0) is 6.61 Å². The number of benzene rings is 3. The molecular weight excluding hydrogens is 523 g/mol. The lowest BCUT2D eigenvalue weighted by atomic mass is 10.0. The van der Waals surface area contributed by atoms with Gasteiger partial charge in [0.2, 0.25) is 5.95 Å². The molecule has 10 heteroatoms. The number of nitrogens with zero attached hydrogens (tertiary/aromatic N) is 4. The lowest BCUT2D eigenvalue weighted by Gasteiger charge is -2.16. The van der Waals surface area contributed by atoms with Crippen LogP contribution in [0.1, 0.15) is 29.9 Å². The first-order chi connectivity index (χ1) is 19.9. The smallest absolute Gasteiger partial charge is 0.265 e. The number of pyridine rings is 1. The topological polar surface area (TPSA) is 132 Å². The first-order valence-electron chi connectivity index (χ1n) is 13.2. The molecular formula is C31H25FN6O3. The maximum Gasteiger partial charge on any atom is 0.265 e. The number of halogens is 1. The maximum atomic E-state index is 15.2. The second kappa shape index (κ2) is 9.53. The summed E-state index contributed by atoms with van der Waals surface area (Å²) in [6, 6.07) is 17.7. The highest BCUT2D eigenvalue weighted by molar-refractivity contribution is 5.92. The van der Waals surface area contributed by atoms with Crippen LogP contribution in [-0.4, -0.2) is 36.7 Å². The third kappa shape index (κ3) is 4.20. The molecule has 0 radical (unpaired) electrons. The van der Waals surface area contributed by atoms with Gasteiger partial charge < -0.3 is 20.6 Å². The number of fused-ring (bicyclic) bond motifs is 2. The van der Waals surface area contributed by atoms with E-state index in [0.717, 1.165) is 24.0 Å². The summed E-state index contributed by atoms with van der Waals surface area (Å²) >= 11 is 0. The molecule has 7 rings (SSSR count). The molecule has 9 nitrogen and oxygen atoms in total. The van der Waals surface area contributed by atoms with Gasteiger partial charge in [-0.15, -0.1) is 0 Å². The van der Waals surface area contributed by atoms with E-state index in [2.05, 4.69) is 15.0 Å². The van der Waals surface area contributed by atoms with E-state index >= 15 is 4.39 Å². The highest BCUT2D eigenvalue weighted by atomic mass is 19.1. The van der Waals surface area contributed by atoms with Gasteiger partial charge in [-0.25, -0.2) is 14.4 Å². The van der Waals surface area contributed by atoms with Gasteiger partial charge >= 0.3 is 0 Å². The number of aliphatic hydroxyl groups excluding tert-OH is 1. The Morgan fingerprint density at radius 2 is 1.93 bits per heavy atom. The lowest BCUT2D eigenvalue weighted by Crippen LogP contribution is -2.20. The molecule has 0 saturated heterocycles. The number of nitrogen functional groups attached to an aromatic ring is 1. The fourth-order valence-electron chi connectivity index (χ4n) is 5.39. The summed E-state index contributed by atoms with van der Waals surface area (Å²) in [5, 5.41) is 11.1. The Balaban J connectivity index is 1.40. The van der Waals surface area contributed by atoms with Crippen molar-refractivity contribution >= 4 is 27.9 Å². The van der Waals surface area contributed by atoms with Crippen molar-refractivity contribution in [1.29, 1.82) is 0 Å². The number of methoxy groups -OCH3 is 1. The summed E-state index contributed by atoms with van der Waals surface area (Å²) in [4.78, 5) is 30.4. The normalized spacial score (nSPS) is 13.2. The van der Waals surface area contributed by atoms with Crippen LogP contribution in [0.25, 0.3) is 50.3 Å². The molecule has 1 aliphatic carbocycles. The molecule has 1 aliphatic rings. The quantitative estimate of drug-likeness (QED) is 0.264. The Kier molecular flexibility index (Phi) is 5.79. The minimum atomic E-state index is -0.544. The van der Waals surface area contributed by atoms with Crippen molar-refractivity contribution in [3.05, 3.63) is 94.2 Å². The van der Waals surface area contributed by atoms with Crippen LogP contribution in [0.4, 0.5) is 10.3 Å². The number of hydrogen-bond donors (Lipinski definition) is 3. The van der Waals surface area contributed by atoms with Gasteiger partial charge in [0.05, 0.1) is 24.8 Å². The molecule has 0 bridgehead atoms. The summed E-state index contributed by atoms with van der Waals surface area (Å²) in [5.41, 5.74) is 9.84. The fourth-order valence-corrected chi connectivity index (χ4v) is 5.39. The van der Waals surface area contributed by atoms with Gasteiger partial charge in [-0.3, -0.25) is 9.36 Å². The molecule has 4 N–H and O–H groups in total. The molecule has 1 saturated carbocycles. The van der Waals surface area contributed by atoms with Gasteiger partial charge in [-0.1, -0.05) is 30.3 Å². The Hall–Kier alpha value is -5.09. The van der Waals surface area contributed by atoms with E-state index in [-0.39, 0.29) is 11.3 Å². The molecule has 204 valence electrons. The predicted octanol–water partition coefficient (Wildman–Crippen LogP) is 5.09. The average molecular weight is 549 g/mol. The van der Waals surface area contributed by atoms with Crippen LogP contribution in [0.2, 0.25) is 0 Å². The van der Waals surface area contributed by atoms with E-state index in [1.165, 1.54) is 10.6 Å². The molecule has 0 amide bonds. The van der Waals surface area contributed by atoms with Gasteiger partial charge in [-0.2, -0.15) is 4.98 Å². The summed E-state index contributed by atoms with van der Waals surface area (Å²) < 4.78 is 21.9. The molecule has 3 aromatic carbocycles. The Morgan fingerprint density at radius 3 is 2.71 bits per heavy atom. The van der Waals surface area contributed by atoms with Crippen molar-refractivity contribution < 1.29 is 14.2 Å². The highest BCUT2D eigenvalue weighted by Gasteiger charge is 2.26. The zero-order valence-corrected chi connectivity index (χ0v) is 22.1. The minimum Gasteiger partial charge on any atom is -0.497 e. The van der Waals surface area contributed by atoms with Crippen LogP contribution in [0.15, 0.2) is 71.7 Å². The summed E-state index contributed by atoms with van der Waals surface area (Å²) in [6.45, 7) is -0.419. The summed E-state index contributed by atoms with van der Waals surface area (Å²) in [7, 11) is 1.59. The number of nitrogens with one attached hydrogen (secondary N) is 1. The number of nitrogens with two attached hydrogens (primary N) is 1. The predicted molar refractivity (Wildman–Crippen MR) is 154 cm³/mol. The SMILES string of the molecule is COc1cccc(-c2nc3c(-c4cccc(-n5ccc6cc(C7CC7)cc(F)c6c5=O)c4CO)nc(N)nc3[nH]2)c1. The van der Waals surface area contributed by atoms with Gasteiger partial charge in [0.1, 0.15) is 28.6 Å². The second-order valence-corrected chi connectivity index (χ2v) is 10.1. The number of aliphatic hydroxyl groups is 1. The van der Waals surface area contributed by atoms with Gasteiger partial charge in [0.25, 0.3) is 5.56 Å². The number of H-pyrrole nitrogens is 1. The highest BCUT2D eigenvalue weighted by Crippen LogP contribution is 2.41. The van der Waals surface area contributed by atoms with Crippen LogP contribution in [0.5, 0.6) is 5.75 Å². The zero-order valence-electron chi connectivity index (χ0n) is 22.1. The van der Waals surface area contributed by atoms with Gasteiger partial charge in [0.15, 0.2) is 5.65 Å². The van der Waals surface area contributed by atoms with Crippen molar-refractivity contribution in [2.24, 2.45) is 0 Å². The molecule has 6 aromatic rings. The lowest BCUT2D eigenvalue weighted by molar-refractivity contribution is 0.282. The summed E-state index contributed by atoms with van der Waals surface area (Å²) in [6.07, 6.45) is 3.68. The molecule has 0 unspecified atom stereocenters. The molecule has 41 heavy (non-hydrogen) atoms. The molecule has 0 spiro atoms. The first-order valence-corrected chi connectivity index (χ1v) is 13.2. The van der Waals surface area contributed by atoms with E-state index in [1.54, 1.807) is 37.6 Å². The number of rotatable bonds is 6. The maximum absolute atomic E-state index is 15.2. The summed E-state index contributed by atoms with van der Waals surface area (Å²) in [5.74, 6) is 1.03. The third-order valence-electron chi connectivity index (χ3n) is 7.56. The van der Waals surface area contributed by atoms with E-state index in [4.69, 9.17) is 15.5 Å². The number of ether oxygens (including phenoxy) is 1. The molecule has 3 heterocycles. The largest absolute Gasteiger partial charge is 0.497 e. The van der Waals surface area contributed by atoms with Crippen molar-refractivity contribution in [3.63, 3.8) is 0 Å². The van der Waals surface area contributed by atoms with Crippen molar-refractivity contribution in [1.82, 2.24) is 24.5 Å². The zero-order chi connectivity index (χ0) is 28.2. The Bertz CT molecular complexity index is 2050. The third-order valence-corrected chi connectivity index (χ3v) is 7.56. The Morgan fingerprint density at radius 1 is 1.10 bits per heavy atom. The van der Waals surface area contributed by atoms with Crippen LogP contribution < -0.4 is 16.0 Å². The average Bonchev–Trinajstić information content (AvgIpc) is 3.75. The number of aromatic amines is 1. The molecule has 1 fully saturated rings. The van der Waals surface area contributed by atoms with Gasteiger partial charge in [0, 0.05) is 22.9 Å². The standard InChI is InChI=1S/C31H25FN6O3/c1-41-20-5-2-4-18(13-20)28-34-27-26(35-31(33)37-29(27)36-28)21-6-3-7-24(22(21)15-39)38-11-10-17-12-19(16-8-9-16)14-23(32)25(17)30(38)40/h2-7,10-14,16,39H,8-9,15H2,1H3,(H3,33,34,35,36,37). The second-order valence-electron chi connectivity index (χ2n) is 10.1. The fraction of sp³-hybridized carbons (Fsp3) is 0.161. The van der Waals surface area contributed by atoms with E-state index in [1.807, 2.05) is 30.3 Å². The van der Waals surface area contributed by atoms with Crippen molar-refractivity contribution in [3.8, 4) is 34.1 Å². The van der Waals surface area contributed by atoms with Crippen molar-refractivity contribution in [2.45, 2.75) is 25.4 Å². The molecule has 0 atom stereocenters. The number of aromatic nitrogens is 5.